The van der Waals surface area contributed by atoms with E-state index in [2.05, 4.69) is 40.6 Å². The highest BCUT2D eigenvalue weighted by Gasteiger charge is 2.20. The summed E-state index contributed by atoms with van der Waals surface area (Å²) in [5, 5.41) is 9.11. The van der Waals surface area contributed by atoms with Crippen LogP contribution < -0.4 is 16.0 Å². The number of thiocarbonyl (C=S) groups is 2. The van der Waals surface area contributed by atoms with Crippen molar-refractivity contribution in [3.63, 3.8) is 0 Å². The van der Waals surface area contributed by atoms with Gasteiger partial charge < -0.3 is 20.7 Å². The van der Waals surface area contributed by atoms with Crippen LogP contribution in [0.5, 0.6) is 0 Å². The summed E-state index contributed by atoms with van der Waals surface area (Å²) in [6.45, 7) is 0.427. The predicted molar refractivity (Wildman–Crippen MR) is 181 cm³/mol. The van der Waals surface area contributed by atoms with Crippen LogP contribution in [0.15, 0.2) is 85.3 Å². The number of hydrogen-bond acceptors (Lipinski definition) is 9. The first-order chi connectivity index (χ1) is 21.9. The molecule has 1 amide bonds. The van der Waals surface area contributed by atoms with Gasteiger partial charge in [0.1, 0.15) is 12.6 Å². The number of amides is 1. The number of hydrogen-bond donors (Lipinski definition) is 3. The normalized spacial score (nSPS) is 11.2. The van der Waals surface area contributed by atoms with E-state index < -0.39 is 12.0 Å². The molecule has 4 rings (SSSR count). The minimum atomic E-state index is -0.621. The third-order valence-corrected chi connectivity index (χ3v) is 7.27. The molecule has 0 aromatic carbocycles. The molecular weight excluding hydrogens is 607 g/mol. The van der Waals surface area contributed by atoms with Gasteiger partial charge in [0, 0.05) is 43.7 Å². The van der Waals surface area contributed by atoms with Crippen molar-refractivity contribution in [2.45, 2.75) is 38.1 Å². The average Bonchev–Trinajstić information content (AvgIpc) is 3.07. The number of esters is 1. The Morgan fingerprint density at radius 2 is 1.49 bits per heavy atom. The van der Waals surface area contributed by atoms with Gasteiger partial charge in [0.25, 0.3) is 0 Å². The molecule has 0 radical (unpaired) electrons. The summed E-state index contributed by atoms with van der Waals surface area (Å²) in [6.07, 6.45) is 8.11. The smallest absolute Gasteiger partial charge is 0.325 e. The fourth-order valence-corrected chi connectivity index (χ4v) is 5.01. The van der Waals surface area contributed by atoms with Gasteiger partial charge in [-0.1, -0.05) is 42.6 Å². The number of unbranched alkanes of at least 4 members (excludes halogenated alkanes) is 1. The fraction of sp³-hybridized carbons (Fsp3) is 0.273. The van der Waals surface area contributed by atoms with Gasteiger partial charge in [0.05, 0.1) is 39.9 Å². The van der Waals surface area contributed by atoms with Crippen molar-refractivity contribution in [2.24, 2.45) is 0 Å². The SMILES string of the molecule is COC(=O)CNC(=O)[C@H](CCCCNC(=S)Cc1cccc(-c2ccccn2)n1)NC(=S)Cc1ccnc(-c2ccccn2)c1. The highest BCUT2D eigenvalue weighted by Crippen LogP contribution is 2.16. The summed E-state index contributed by atoms with van der Waals surface area (Å²) in [6, 6.07) is 20.4. The maximum Gasteiger partial charge on any atom is 0.325 e. The van der Waals surface area contributed by atoms with Gasteiger partial charge >= 0.3 is 5.97 Å². The standard InChI is InChI=1S/C33H35N7O3S2/c1-43-32(41)22-38-33(42)28(40-31(45)20-23-14-18-36-29(19-23)26-11-3-6-16-35-26)12-4-7-17-37-30(44)21-24-9-8-13-27(39-24)25-10-2-5-15-34-25/h2-3,5-6,8-11,13-16,18-19,28H,4,7,12,17,20-22H2,1H3,(H,37,44)(H,38,42)(H,40,45)/t28-/m0/s1. The number of pyridine rings is 4. The zero-order chi connectivity index (χ0) is 31.9. The monoisotopic (exact) mass is 641 g/mol. The van der Waals surface area contributed by atoms with Crippen LogP contribution in [-0.2, 0) is 27.2 Å². The van der Waals surface area contributed by atoms with Crippen molar-refractivity contribution < 1.29 is 14.3 Å². The number of carbonyl (C=O) groups excluding carboxylic acids is 2. The van der Waals surface area contributed by atoms with Gasteiger partial charge in [-0.15, -0.1) is 0 Å². The van der Waals surface area contributed by atoms with E-state index in [0.29, 0.717) is 42.2 Å². The molecule has 4 aromatic heterocycles. The summed E-state index contributed by atoms with van der Waals surface area (Å²) >= 11 is 11.2. The number of methoxy groups -OCH3 is 1. The van der Waals surface area contributed by atoms with Gasteiger partial charge in [0.2, 0.25) is 5.91 Å². The third kappa shape index (κ3) is 11.1. The van der Waals surface area contributed by atoms with Crippen molar-refractivity contribution in [3.05, 3.63) is 96.6 Å². The lowest BCUT2D eigenvalue weighted by Gasteiger charge is -2.20. The second-order valence-corrected chi connectivity index (χ2v) is 11.1. The van der Waals surface area contributed by atoms with Gasteiger partial charge in [0.15, 0.2) is 0 Å². The molecule has 232 valence electrons. The Hall–Kier alpha value is -4.68. The minimum absolute atomic E-state index is 0.219. The predicted octanol–water partition coefficient (Wildman–Crippen LogP) is 4.05. The zero-order valence-corrected chi connectivity index (χ0v) is 26.6. The quantitative estimate of drug-likeness (QED) is 0.0987. The molecule has 1 atom stereocenters. The first-order valence-electron chi connectivity index (χ1n) is 14.6. The largest absolute Gasteiger partial charge is 0.468 e. The number of ether oxygens (including phenoxy) is 1. The average molecular weight is 642 g/mol. The molecule has 0 saturated carbocycles. The summed E-state index contributed by atoms with van der Waals surface area (Å²) in [5.41, 5.74) is 4.92. The summed E-state index contributed by atoms with van der Waals surface area (Å²) in [4.78, 5) is 43.6. The zero-order valence-electron chi connectivity index (χ0n) is 24.9. The van der Waals surface area contributed by atoms with Crippen LogP contribution in [0, 0.1) is 0 Å². The van der Waals surface area contributed by atoms with Crippen molar-refractivity contribution >= 4 is 46.3 Å². The Labute approximate surface area is 273 Å². The van der Waals surface area contributed by atoms with E-state index in [0.717, 1.165) is 40.5 Å². The maximum atomic E-state index is 13.0. The second kappa shape index (κ2) is 17.6. The molecule has 0 aliphatic carbocycles. The highest BCUT2D eigenvalue weighted by molar-refractivity contribution is 7.80. The first kappa shape index (κ1) is 33.2. The van der Waals surface area contributed by atoms with Crippen LogP contribution in [0.3, 0.4) is 0 Å². The molecule has 4 heterocycles. The van der Waals surface area contributed by atoms with E-state index in [-0.39, 0.29) is 12.5 Å². The van der Waals surface area contributed by atoms with E-state index in [1.165, 1.54) is 7.11 Å². The Kier molecular flexibility index (Phi) is 13.0. The molecule has 0 aliphatic rings. The molecular formula is C33H35N7O3S2. The second-order valence-electron chi connectivity index (χ2n) is 10.1. The Morgan fingerprint density at radius 3 is 2.20 bits per heavy atom. The van der Waals surface area contributed by atoms with E-state index in [1.54, 1.807) is 18.6 Å². The number of aromatic nitrogens is 4. The molecule has 45 heavy (non-hydrogen) atoms. The maximum absolute atomic E-state index is 13.0. The summed E-state index contributed by atoms with van der Waals surface area (Å²) in [5.74, 6) is -0.852. The molecule has 0 fully saturated rings. The molecule has 4 aromatic rings. The van der Waals surface area contributed by atoms with Crippen molar-refractivity contribution in [2.75, 3.05) is 20.2 Å². The van der Waals surface area contributed by atoms with Gasteiger partial charge in [-0.25, -0.2) is 0 Å². The lowest BCUT2D eigenvalue weighted by atomic mass is 10.1. The molecule has 0 bridgehead atoms. The molecule has 0 spiro atoms. The topological polar surface area (TPSA) is 131 Å². The van der Waals surface area contributed by atoms with Crippen molar-refractivity contribution in [1.82, 2.24) is 35.9 Å². The molecule has 10 nitrogen and oxygen atoms in total. The van der Waals surface area contributed by atoms with Crippen LogP contribution in [-0.4, -0.2) is 68.0 Å². The molecule has 0 aliphatic heterocycles. The lowest BCUT2D eigenvalue weighted by Crippen LogP contribution is -2.48. The minimum Gasteiger partial charge on any atom is -0.468 e. The number of nitrogens with one attached hydrogen (secondary N) is 3. The third-order valence-electron chi connectivity index (χ3n) is 6.72. The molecule has 3 N–H and O–H groups in total. The van der Waals surface area contributed by atoms with Crippen molar-refractivity contribution in [1.29, 1.82) is 0 Å². The Morgan fingerprint density at radius 1 is 0.778 bits per heavy atom. The van der Waals surface area contributed by atoms with Crippen LogP contribution in [0.2, 0.25) is 0 Å². The van der Waals surface area contributed by atoms with Crippen LogP contribution in [0.4, 0.5) is 0 Å². The summed E-state index contributed by atoms with van der Waals surface area (Å²) in [7, 11) is 1.28. The van der Waals surface area contributed by atoms with Crippen LogP contribution >= 0.6 is 24.4 Å². The van der Waals surface area contributed by atoms with Crippen LogP contribution in [0.25, 0.3) is 22.8 Å². The van der Waals surface area contributed by atoms with E-state index in [1.807, 2.05) is 66.7 Å². The molecule has 12 heteroatoms. The number of carbonyl (C=O) groups is 2. The molecule has 0 unspecified atom stereocenters. The van der Waals surface area contributed by atoms with E-state index in [9.17, 15) is 9.59 Å². The molecule has 0 saturated heterocycles. The Bertz CT molecular complexity index is 1590. The fourth-order valence-electron chi connectivity index (χ4n) is 4.46. The number of rotatable bonds is 15. The Balaban J connectivity index is 1.27. The van der Waals surface area contributed by atoms with E-state index >= 15 is 0 Å². The van der Waals surface area contributed by atoms with Gasteiger partial charge in [-0.05, 0) is 73.4 Å². The van der Waals surface area contributed by atoms with Crippen LogP contribution in [0.1, 0.15) is 30.5 Å². The number of nitrogens with zero attached hydrogens (tertiary/aromatic N) is 4. The highest BCUT2D eigenvalue weighted by atomic mass is 32.1. The lowest BCUT2D eigenvalue weighted by molar-refractivity contribution is -0.141. The van der Waals surface area contributed by atoms with Gasteiger partial charge in [-0.3, -0.25) is 29.5 Å². The first-order valence-corrected chi connectivity index (χ1v) is 15.4. The van der Waals surface area contributed by atoms with Gasteiger partial charge in [-0.2, -0.15) is 0 Å². The van der Waals surface area contributed by atoms with E-state index in [4.69, 9.17) is 24.4 Å². The summed E-state index contributed by atoms with van der Waals surface area (Å²) < 4.78 is 4.66. The van der Waals surface area contributed by atoms with Crippen molar-refractivity contribution in [3.8, 4) is 22.8 Å².